The Morgan fingerprint density at radius 3 is 2.57 bits per heavy atom. The van der Waals surface area contributed by atoms with Gasteiger partial charge in [-0.2, -0.15) is 0 Å². The fourth-order valence-corrected chi connectivity index (χ4v) is 3.92. The van der Waals surface area contributed by atoms with Crippen molar-refractivity contribution in [2.75, 3.05) is 5.75 Å². The van der Waals surface area contributed by atoms with Crippen molar-refractivity contribution < 1.29 is 4.79 Å². The summed E-state index contributed by atoms with van der Waals surface area (Å²) < 4.78 is 4.37. The van der Waals surface area contributed by atoms with Crippen molar-refractivity contribution in [1.29, 1.82) is 0 Å². The standard InChI is InChI=1S/C17H22N4OS/c1-10-8-14(11(2)20(10)3)15(22)9-23-17-19-18-16(12-4-5-12)21(17)13-6-7-13/h8,12-13H,4-7,9H2,1-3H3. The van der Waals surface area contributed by atoms with Crippen molar-refractivity contribution >= 4 is 17.5 Å². The second-order valence-corrected chi connectivity index (χ2v) is 7.71. The van der Waals surface area contributed by atoms with E-state index in [9.17, 15) is 4.79 Å². The summed E-state index contributed by atoms with van der Waals surface area (Å²) in [6.07, 6.45) is 4.90. The molecule has 122 valence electrons. The molecule has 0 saturated heterocycles. The first kappa shape index (κ1) is 15.0. The predicted octanol–water partition coefficient (Wildman–Crippen LogP) is 3.42. The van der Waals surface area contributed by atoms with Crippen LogP contribution in [0.3, 0.4) is 0 Å². The lowest BCUT2D eigenvalue weighted by atomic mass is 10.2. The molecule has 5 nitrogen and oxygen atoms in total. The molecule has 0 bridgehead atoms. The maximum atomic E-state index is 12.6. The highest BCUT2D eigenvalue weighted by Gasteiger charge is 2.36. The van der Waals surface area contributed by atoms with Gasteiger partial charge >= 0.3 is 0 Å². The summed E-state index contributed by atoms with van der Waals surface area (Å²) >= 11 is 1.54. The van der Waals surface area contributed by atoms with Gasteiger partial charge in [0.05, 0.1) is 5.75 Å². The first-order valence-corrected chi connectivity index (χ1v) is 9.28. The Balaban J connectivity index is 1.50. The molecule has 0 radical (unpaired) electrons. The smallest absolute Gasteiger partial charge is 0.191 e. The quantitative estimate of drug-likeness (QED) is 0.601. The minimum Gasteiger partial charge on any atom is -0.351 e. The maximum Gasteiger partial charge on any atom is 0.191 e. The van der Waals surface area contributed by atoms with Crippen molar-refractivity contribution in [2.24, 2.45) is 7.05 Å². The number of aryl methyl sites for hydroxylation is 1. The molecule has 6 heteroatoms. The highest BCUT2D eigenvalue weighted by Crippen LogP contribution is 2.46. The number of thioether (sulfide) groups is 1. The van der Waals surface area contributed by atoms with E-state index < -0.39 is 0 Å². The summed E-state index contributed by atoms with van der Waals surface area (Å²) in [4.78, 5) is 12.6. The van der Waals surface area contributed by atoms with Gasteiger partial charge in [-0.25, -0.2) is 0 Å². The second-order valence-electron chi connectivity index (χ2n) is 6.77. The van der Waals surface area contributed by atoms with Gasteiger partial charge in [0.25, 0.3) is 0 Å². The van der Waals surface area contributed by atoms with Crippen molar-refractivity contribution in [2.45, 2.75) is 56.6 Å². The highest BCUT2D eigenvalue weighted by atomic mass is 32.2. The van der Waals surface area contributed by atoms with Crippen LogP contribution in [0.1, 0.15) is 65.2 Å². The summed E-state index contributed by atoms with van der Waals surface area (Å²) in [6.45, 7) is 4.03. The molecule has 2 aliphatic rings. The number of Topliss-reactive ketones (excluding diaryl/α,β-unsaturated/α-hetero) is 1. The van der Waals surface area contributed by atoms with E-state index in [1.807, 2.05) is 27.0 Å². The molecule has 2 heterocycles. The lowest BCUT2D eigenvalue weighted by molar-refractivity contribution is 0.102. The van der Waals surface area contributed by atoms with Crippen LogP contribution in [0.5, 0.6) is 0 Å². The predicted molar refractivity (Wildman–Crippen MR) is 90.2 cm³/mol. The van der Waals surface area contributed by atoms with Crippen molar-refractivity contribution in [3.05, 3.63) is 28.8 Å². The molecule has 4 rings (SSSR count). The van der Waals surface area contributed by atoms with Crippen molar-refractivity contribution in [3.63, 3.8) is 0 Å². The molecule has 2 saturated carbocycles. The number of rotatable bonds is 6. The monoisotopic (exact) mass is 330 g/mol. The third kappa shape index (κ3) is 2.73. The van der Waals surface area contributed by atoms with Crippen LogP contribution < -0.4 is 0 Å². The largest absolute Gasteiger partial charge is 0.351 e. The summed E-state index contributed by atoms with van der Waals surface area (Å²) in [7, 11) is 2.00. The SMILES string of the molecule is Cc1cc(C(=O)CSc2nnc(C3CC3)n2C2CC2)c(C)n1C. The van der Waals surface area contributed by atoms with E-state index in [1.54, 1.807) is 0 Å². The third-order valence-corrected chi connectivity index (χ3v) is 5.90. The van der Waals surface area contributed by atoms with Crippen molar-refractivity contribution in [3.8, 4) is 0 Å². The van der Waals surface area contributed by atoms with Gasteiger partial charge in [0.1, 0.15) is 5.82 Å². The van der Waals surface area contributed by atoms with Gasteiger partial charge < -0.3 is 9.13 Å². The number of aromatic nitrogens is 4. The molecule has 0 aliphatic heterocycles. The Morgan fingerprint density at radius 2 is 2.00 bits per heavy atom. The number of hydrogen-bond donors (Lipinski definition) is 0. The van der Waals surface area contributed by atoms with Gasteiger partial charge in [0.2, 0.25) is 0 Å². The van der Waals surface area contributed by atoms with Gasteiger partial charge in [-0.3, -0.25) is 4.79 Å². The Morgan fingerprint density at radius 1 is 1.26 bits per heavy atom. The van der Waals surface area contributed by atoms with Crippen LogP contribution in [-0.2, 0) is 7.05 Å². The van der Waals surface area contributed by atoms with E-state index >= 15 is 0 Å². The molecule has 2 aromatic rings. The Labute approximate surface area is 140 Å². The first-order chi connectivity index (χ1) is 11.1. The number of nitrogens with zero attached hydrogens (tertiary/aromatic N) is 4. The zero-order valence-corrected chi connectivity index (χ0v) is 14.7. The van der Waals surface area contributed by atoms with E-state index in [-0.39, 0.29) is 5.78 Å². The molecule has 0 spiro atoms. The molecular weight excluding hydrogens is 308 g/mol. The number of carbonyl (C=O) groups excluding carboxylic acids is 1. The van der Waals surface area contributed by atoms with Gasteiger partial charge in [-0.1, -0.05) is 11.8 Å². The third-order valence-electron chi connectivity index (χ3n) is 4.95. The molecule has 0 aromatic carbocycles. The Hall–Kier alpha value is -1.56. The zero-order valence-electron chi connectivity index (χ0n) is 13.9. The molecule has 2 aliphatic carbocycles. The lowest BCUT2D eigenvalue weighted by Crippen LogP contribution is -2.07. The summed E-state index contributed by atoms with van der Waals surface area (Å²) in [5.74, 6) is 2.36. The van der Waals surface area contributed by atoms with Crippen LogP contribution in [-0.4, -0.2) is 30.9 Å². The highest BCUT2D eigenvalue weighted by molar-refractivity contribution is 7.99. The second kappa shape index (κ2) is 5.51. The Bertz CT molecular complexity index is 768. The van der Waals surface area contributed by atoms with E-state index in [0.29, 0.717) is 17.7 Å². The minimum absolute atomic E-state index is 0.175. The maximum absolute atomic E-state index is 12.6. The number of ketones is 1. The molecule has 2 fully saturated rings. The van der Waals surface area contributed by atoms with E-state index in [4.69, 9.17) is 0 Å². The minimum atomic E-state index is 0.175. The molecule has 0 amide bonds. The average Bonchev–Trinajstić information content (AvgIpc) is 3.46. The van der Waals surface area contributed by atoms with Crippen molar-refractivity contribution in [1.82, 2.24) is 19.3 Å². The fourth-order valence-electron chi connectivity index (χ4n) is 3.03. The molecule has 23 heavy (non-hydrogen) atoms. The Kier molecular flexibility index (Phi) is 3.59. The van der Waals surface area contributed by atoms with Gasteiger partial charge in [-0.05, 0) is 45.6 Å². The zero-order chi connectivity index (χ0) is 16.1. The van der Waals surface area contributed by atoms with Crippen LogP contribution in [0, 0.1) is 13.8 Å². The van der Waals surface area contributed by atoms with Crippen LogP contribution in [0.25, 0.3) is 0 Å². The molecular formula is C17H22N4OS. The van der Waals surface area contributed by atoms with Crippen LogP contribution in [0.15, 0.2) is 11.2 Å². The number of hydrogen-bond acceptors (Lipinski definition) is 4. The van der Waals surface area contributed by atoms with Crippen LogP contribution in [0.4, 0.5) is 0 Å². The van der Waals surface area contributed by atoms with E-state index in [2.05, 4.69) is 19.3 Å². The topological polar surface area (TPSA) is 52.7 Å². The summed E-state index contributed by atoms with van der Waals surface area (Å²) in [5.41, 5.74) is 2.99. The normalized spacial score (nSPS) is 17.7. The molecule has 0 N–H and O–H groups in total. The van der Waals surface area contributed by atoms with E-state index in [0.717, 1.165) is 27.9 Å². The fraction of sp³-hybridized carbons (Fsp3) is 0.588. The molecule has 0 unspecified atom stereocenters. The average molecular weight is 330 g/mol. The van der Waals surface area contributed by atoms with Crippen LogP contribution >= 0.6 is 11.8 Å². The molecule has 0 atom stereocenters. The molecule has 2 aromatic heterocycles. The van der Waals surface area contributed by atoms with E-state index in [1.165, 1.54) is 37.4 Å². The van der Waals surface area contributed by atoms with Gasteiger partial charge in [0.15, 0.2) is 10.9 Å². The lowest BCUT2D eigenvalue weighted by Gasteiger charge is -2.07. The summed E-state index contributed by atoms with van der Waals surface area (Å²) in [6, 6.07) is 2.55. The summed E-state index contributed by atoms with van der Waals surface area (Å²) in [5, 5.41) is 9.69. The van der Waals surface area contributed by atoms with Gasteiger partial charge in [0, 0.05) is 36.0 Å². The van der Waals surface area contributed by atoms with Gasteiger partial charge in [-0.15, -0.1) is 10.2 Å². The first-order valence-electron chi connectivity index (χ1n) is 8.30. The van der Waals surface area contributed by atoms with Crippen LogP contribution in [0.2, 0.25) is 0 Å². The number of carbonyl (C=O) groups is 1.